The van der Waals surface area contributed by atoms with Gasteiger partial charge in [-0.25, -0.2) is 16.8 Å². The Labute approximate surface area is 852 Å². The minimum absolute atomic E-state index is 0.0146. The number of benzene rings is 11. The van der Waals surface area contributed by atoms with Gasteiger partial charge in [-0.2, -0.15) is 113 Å². The van der Waals surface area contributed by atoms with Crippen LogP contribution in [-0.4, -0.2) is 156 Å². The summed E-state index contributed by atoms with van der Waals surface area (Å²) >= 11 is 0. The minimum Gasteiger partial charge on any atom is -0.743 e. The van der Waals surface area contributed by atoms with Gasteiger partial charge in [0.05, 0.1) is 29.5 Å². The van der Waals surface area contributed by atoms with E-state index in [1.165, 1.54) is 111 Å². The van der Waals surface area contributed by atoms with Crippen LogP contribution in [0.3, 0.4) is 0 Å². The molecule has 0 spiro atoms. The predicted molar refractivity (Wildman–Crippen MR) is 526 cm³/mol. The Kier molecular flexibility index (Phi) is 41.3. The lowest BCUT2D eigenvalue weighted by molar-refractivity contribution is -0.247. The lowest BCUT2D eigenvalue weighted by Gasteiger charge is -2.32. The van der Waals surface area contributed by atoms with Crippen molar-refractivity contribution in [3.63, 3.8) is 0 Å². The number of thiophene rings is 1. The molecule has 808 valence electrons. The Balaban J connectivity index is 0.000000218. The summed E-state index contributed by atoms with van der Waals surface area (Å²) in [5.41, 5.74) is 2.06. The van der Waals surface area contributed by atoms with Crippen LogP contribution in [0.15, 0.2) is 293 Å². The first kappa shape index (κ1) is 123. The van der Waals surface area contributed by atoms with Crippen molar-refractivity contribution >= 4 is 130 Å². The third kappa shape index (κ3) is 27.9. The molecule has 13 rings (SSSR count). The summed E-state index contributed by atoms with van der Waals surface area (Å²) in [6, 6.07) is 83.4. The molecule has 49 heteroatoms. The maximum absolute atomic E-state index is 13.8. The molecule has 1 aliphatic rings. The molecule has 1 aromatic heterocycles. The number of alkyl halides is 18. The molecule has 148 heavy (non-hydrogen) atoms. The van der Waals surface area contributed by atoms with Crippen molar-refractivity contribution in [3.05, 3.63) is 295 Å². The quantitative estimate of drug-likeness (QED) is 0.00906. The van der Waals surface area contributed by atoms with Gasteiger partial charge in [0.15, 0.2) is 54.1 Å². The Hall–Kier alpha value is -10.5. The highest BCUT2D eigenvalue weighted by Gasteiger charge is 2.84. The van der Waals surface area contributed by atoms with Gasteiger partial charge in [-0.15, -0.1) is 0 Å². The van der Waals surface area contributed by atoms with Crippen LogP contribution in [0.2, 0.25) is 0 Å². The van der Waals surface area contributed by atoms with E-state index in [4.69, 9.17) is 19.1 Å². The number of carbonyl (C=O) groups excluding carboxylic acids is 1. The van der Waals surface area contributed by atoms with E-state index < -0.39 is 139 Å². The van der Waals surface area contributed by atoms with Crippen LogP contribution >= 0.6 is 10.5 Å². The molecule has 2 heterocycles. The van der Waals surface area contributed by atoms with Gasteiger partial charge in [-0.1, -0.05) is 194 Å². The molecule has 2 unspecified atom stereocenters. The Morgan fingerprint density at radius 2 is 0.730 bits per heavy atom. The number of fused-ring (bicyclic) bond motifs is 4. The predicted octanol–water partition coefficient (Wildman–Crippen LogP) is 25.0. The summed E-state index contributed by atoms with van der Waals surface area (Å²) in [6.07, 6.45) is 7.72. The van der Waals surface area contributed by atoms with Crippen molar-refractivity contribution < 1.29 is 175 Å². The van der Waals surface area contributed by atoms with Crippen molar-refractivity contribution in [1.29, 1.82) is 0 Å². The number of carbonyl (C=O) groups is 1. The standard InChI is InChI=1S/C20H17OS.C18H23OS.C18H15S.C17H20F6O8S2.2C13H14F6O6S2/c21-14-13-15-9-11-16(12-10-15)22-19-7-3-1-5-17(19)18-6-2-4-8-20(18)22;1-2-3-12-19-17-10-11-18(20-13-6-7-14-20)16-9-5-4-8-15(16)17;1-4-10-16(11-5-1)19(17-12-6-2-7-13-17)18-14-8-3-9-15-18;1-4-14(2,3)13(24)30-10-9-11-5-7-12(8-6-11)31-33(28,29)17(22,23)15(18,19)16(20,21)32(25,26)27;2*1-3-8(2)9-4-6-10(7-5-9)25-27(23,24)13(18,19)11(14,15)12(16,17)26(20,21)22/h1-12,21H,13-14H2;4-5,8-11H,2-3,6-7,12-14H2,1H3;1-15H;5-8H,4,9-10H2,1-3H3,(H,25,26,27);2*4-8H,3H2,1-2H3,(H,20,21,22)/q3*+1;;;/p-2. The van der Waals surface area contributed by atoms with Crippen molar-refractivity contribution in [3.8, 4) is 27.9 Å². The number of hydrogen-bond acceptors (Lipinski definition) is 21. The van der Waals surface area contributed by atoms with Gasteiger partial charge in [0.25, 0.3) is 0 Å². The summed E-state index contributed by atoms with van der Waals surface area (Å²) in [6.45, 7) is 15.4. The smallest absolute Gasteiger partial charge is 0.450 e. The molecule has 0 aliphatic carbocycles. The van der Waals surface area contributed by atoms with Crippen LogP contribution in [0.25, 0.3) is 35.8 Å². The third-order valence-electron chi connectivity index (χ3n) is 22.8. The average molecular weight is 2270 g/mol. The molecule has 12 aromatic rings. The molecular formula is C99H101F18O22S9+. The number of unbranched alkanes of at least 4 members (excludes halogenated alkanes) is 1. The van der Waals surface area contributed by atoms with Crippen LogP contribution in [-0.2, 0) is 105 Å². The zero-order valence-corrected chi connectivity index (χ0v) is 86.9. The van der Waals surface area contributed by atoms with E-state index in [1.54, 1.807) is 39.5 Å². The molecule has 2 N–H and O–H groups in total. The summed E-state index contributed by atoms with van der Waals surface area (Å²) < 4.78 is 425. The second-order valence-electron chi connectivity index (χ2n) is 33.4. The molecule has 22 nitrogen and oxygen atoms in total. The second kappa shape index (κ2) is 49.8. The van der Waals surface area contributed by atoms with Crippen molar-refractivity contribution in [2.24, 2.45) is 5.41 Å². The lowest BCUT2D eigenvalue weighted by Crippen LogP contribution is -2.61. The second-order valence-corrected chi connectivity index (χ2v) is 48.7. The number of rotatable bonds is 38. The number of ether oxygens (including phenoxy) is 2. The fourth-order valence-electron chi connectivity index (χ4n) is 13.4. The normalized spacial score (nSPS) is 14.0. The molecule has 0 saturated carbocycles. The summed E-state index contributed by atoms with van der Waals surface area (Å²) in [4.78, 5) is 18.8. The van der Waals surface area contributed by atoms with Gasteiger partial charge in [0.2, 0.25) is 0 Å². The third-order valence-corrected chi connectivity index (χ3v) is 36.4. The zero-order chi connectivity index (χ0) is 111. The van der Waals surface area contributed by atoms with Crippen LogP contribution in [0, 0.1) is 5.41 Å². The first-order chi connectivity index (χ1) is 68.7. The minimum atomic E-state index is -7.33. The summed E-state index contributed by atoms with van der Waals surface area (Å²) in [5, 5.41) is -26.4. The Bertz CT molecular complexity index is 6880. The summed E-state index contributed by atoms with van der Waals surface area (Å²) in [5.74, 6) is -20.8. The monoisotopic (exact) mass is 2270 g/mol. The fraction of sp³-hybridized carbons (Fsp3) is 0.343. The van der Waals surface area contributed by atoms with E-state index in [2.05, 4.69) is 220 Å². The first-order valence-corrected chi connectivity index (χ1v) is 57.1. The van der Waals surface area contributed by atoms with Gasteiger partial charge in [0, 0.05) is 55.9 Å². The zero-order valence-electron chi connectivity index (χ0n) is 79.6. The summed E-state index contributed by atoms with van der Waals surface area (Å²) in [7, 11) is -41.9. The molecule has 1 fully saturated rings. The number of halogens is 18. The fourth-order valence-corrected chi connectivity index (χ4v) is 24.7. The highest BCUT2D eigenvalue weighted by molar-refractivity contribution is 7.97. The number of aliphatic hydroxyl groups is 1. The van der Waals surface area contributed by atoms with Gasteiger partial charge >= 0.3 is 95.7 Å². The van der Waals surface area contributed by atoms with E-state index in [9.17, 15) is 143 Å². The topological polar surface area (TPSA) is 355 Å². The van der Waals surface area contributed by atoms with E-state index in [0.29, 0.717) is 46.8 Å². The SMILES string of the molecule is CCC(C)(C)C(=O)OCCc1ccc(OS(=O)(=O)C(F)(F)C(F)(F)C(F)(F)S(=O)(=O)O)cc1.CCC(C)c1ccc(OS(=O)(=O)C(F)(F)C(F)(F)C(F)(F)S(=O)(=O)[O-])cc1.CCC(C)c1ccc(OS(=O)(=O)C(F)(F)C(F)(F)C(F)(F)S(=O)(=O)[O-])cc1.CCCCOc1ccc([S+]2CCCC2)c2ccccc12.OCCc1ccc(-[s+]2c3ccccc3c3ccccc32)cc1.c1ccc([S+](c2ccccc2)c2ccccc2)cc1. The maximum Gasteiger partial charge on any atom is 0.450 e. The molecule has 0 radical (unpaired) electrons. The molecule has 2 atom stereocenters. The largest absolute Gasteiger partial charge is 0.743 e. The molecule has 1 saturated heterocycles. The Morgan fingerprint density at radius 1 is 0.399 bits per heavy atom. The van der Waals surface area contributed by atoms with E-state index in [1.807, 2.05) is 13.8 Å². The van der Waals surface area contributed by atoms with Crippen LogP contribution in [0.4, 0.5) is 79.0 Å². The average Bonchev–Trinajstić information content (AvgIpc) is 1.13. The van der Waals surface area contributed by atoms with Crippen molar-refractivity contribution in [1.82, 2.24) is 0 Å². The van der Waals surface area contributed by atoms with E-state index in [-0.39, 0.29) is 52.8 Å². The van der Waals surface area contributed by atoms with Gasteiger partial charge in [-0.3, -0.25) is 9.35 Å². The number of esters is 1. The first-order valence-electron chi connectivity index (χ1n) is 44.6. The van der Waals surface area contributed by atoms with E-state index >= 15 is 0 Å². The van der Waals surface area contributed by atoms with Crippen LogP contribution < -0.4 is 17.3 Å². The van der Waals surface area contributed by atoms with Crippen LogP contribution in [0.1, 0.15) is 134 Å². The maximum atomic E-state index is 13.8. The number of hydrogen-bond donors (Lipinski definition) is 2. The van der Waals surface area contributed by atoms with E-state index in [0.717, 1.165) is 73.7 Å². The Morgan fingerprint density at radius 3 is 1.07 bits per heavy atom. The highest BCUT2D eigenvalue weighted by Crippen LogP contribution is 2.56. The van der Waals surface area contributed by atoms with Gasteiger partial charge in [0.1, 0.15) is 34.5 Å². The van der Waals surface area contributed by atoms with Gasteiger partial charge < -0.3 is 36.2 Å². The van der Waals surface area contributed by atoms with Crippen molar-refractivity contribution in [2.75, 3.05) is 31.3 Å². The number of aliphatic hydroxyl groups excluding tert-OH is 1. The molecule has 0 bridgehead atoms. The molecule has 11 aromatic carbocycles. The lowest BCUT2D eigenvalue weighted by atomic mass is 9.91. The highest BCUT2D eigenvalue weighted by atomic mass is 32.2. The molecule has 1 aliphatic heterocycles. The molecule has 0 amide bonds. The molecular weight excluding hydrogens is 2170 g/mol. The van der Waals surface area contributed by atoms with Gasteiger partial charge in [-0.05, 0) is 220 Å². The van der Waals surface area contributed by atoms with Crippen LogP contribution in [0.5, 0.6) is 23.0 Å². The van der Waals surface area contributed by atoms with Crippen molar-refractivity contribution in [2.45, 2.75) is 194 Å².